The van der Waals surface area contributed by atoms with Gasteiger partial charge in [-0.05, 0) is 32.0 Å². The van der Waals surface area contributed by atoms with Crippen molar-refractivity contribution in [3.63, 3.8) is 0 Å². The van der Waals surface area contributed by atoms with E-state index in [4.69, 9.17) is 14.7 Å². The molecule has 0 fully saturated rings. The van der Waals surface area contributed by atoms with Crippen molar-refractivity contribution in [1.29, 1.82) is 5.26 Å². The molecule has 1 aliphatic heterocycles. The van der Waals surface area contributed by atoms with Crippen LogP contribution in [0.1, 0.15) is 31.1 Å². The highest BCUT2D eigenvalue weighted by Gasteiger charge is 2.44. The third-order valence-corrected chi connectivity index (χ3v) is 3.72. The first-order valence-corrected chi connectivity index (χ1v) is 7.03. The second-order valence-electron chi connectivity index (χ2n) is 5.80. The molecule has 0 saturated heterocycles. The summed E-state index contributed by atoms with van der Waals surface area (Å²) in [6.07, 6.45) is -0.595. The van der Waals surface area contributed by atoms with Gasteiger partial charge in [0.05, 0.1) is 24.0 Å². The number of aliphatic hydroxyl groups is 1. The van der Waals surface area contributed by atoms with Gasteiger partial charge in [-0.15, -0.1) is 0 Å². The quantitative estimate of drug-likeness (QED) is 0.865. The number of rotatable bonds is 2. The highest BCUT2D eigenvalue weighted by Crippen LogP contribution is 2.42. The van der Waals surface area contributed by atoms with Gasteiger partial charge in [0.1, 0.15) is 17.5 Å². The molecule has 118 valence electrons. The summed E-state index contributed by atoms with van der Waals surface area (Å²) in [6, 6.07) is 8.15. The van der Waals surface area contributed by atoms with Crippen LogP contribution in [0.3, 0.4) is 0 Å². The summed E-state index contributed by atoms with van der Waals surface area (Å²) in [5, 5.41) is 19.7. The molecule has 2 heterocycles. The van der Waals surface area contributed by atoms with E-state index in [0.29, 0.717) is 16.9 Å². The number of hydrogen-bond donors (Lipinski definition) is 2. The van der Waals surface area contributed by atoms with Gasteiger partial charge in [-0.3, -0.25) is 4.79 Å². The molecule has 0 bridgehead atoms. The number of ether oxygens (including phenoxy) is 2. The van der Waals surface area contributed by atoms with Crippen LogP contribution in [0.4, 0.5) is 0 Å². The van der Waals surface area contributed by atoms with Crippen molar-refractivity contribution in [2.75, 3.05) is 0 Å². The van der Waals surface area contributed by atoms with Crippen LogP contribution < -0.4 is 15.0 Å². The van der Waals surface area contributed by atoms with Gasteiger partial charge in [-0.25, -0.2) is 4.98 Å². The fourth-order valence-corrected chi connectivity index (χ4v) is 2.48. The second-order valence-corrected chi connectivity index (χ2v) is 5.80. The van der Waals surface area contributed by atoms with Crippen molar-refractivity contribution in [2.24, 2.45) is 0 Å². The number of hydrogen-bond acceptors (Lipinski definition) is 6. The van der Waals surface area contributed by atoms with Gasteiger partial charge in [0.25, 0.3) is 5.56 Å². The van der Waals surface area contributed by atoms with Crippen LogP contribution >= 0.6 is 0 Å². The molecule has 0 spiro atoms. The Labute approximate surface area is 132 Å². The van der Waals surface area contributed by atoms with Crippen LogP contribution in [0.2, 0.25) is 0 Å². The van der Waals surface area contributed by atoms with E-state index in [1.54, 1.807) is 32.0 Å². The maximum Gasteiger partial charge on any atom is 0.254 e. The molecule has 1 aromatic heterocycles. The van der Waals surface area contributed by atoms with Crippen LogP contribution in [0.15, 0.2) is 35.4 Å². The maximum atomic E-state index is 11.4. The SMILES string of the molecule is CC1(C)Oc2ccc(C#N)cc2[C@@H](Oc2cc(=O)[nH]cn2)[C@@H]1O. The minimum atomic E-state index is -1.01. The van der Waals surface area contributed by atoms with Crippen LogP contribution in [0, 0.1) is 11.3 Å². The Morgan fingerprint density at radius 3 is 2.91 bits per heavy atom. The molecule has 2 aromatic rings. The first-order chi connectivity index (χ1) is 10.9. The first kappa shape index (κ1) is 15.1. The molecule has 2 N–H and O–H groups in total. The van der Waals surface area contributed by atoms with Gasteiger partial charge < -0.3 is 19.6 Å². The average molecular weight is 313 g/mol. The minimum Gasteiger partial charge on any atom is -0.485 e. The zero-order chi connectivity index (χ0) is 16.6. The number of nitrogens with one attached hydrogen (secondary N) is 1. The molecular weight excluding hydrogens is 298 g/mol. The molecule has 2 atom stereocenters. The van der Waals surface area contributed by atoms with E-state index in [0.717, 1.165) is 0 Å². The molecule has 0 amide bonds. The van der Waals surface area contributed by atoms with Crippen molar-refractivity contribution in [1.82, 2.24) is 9.97 Å². The smallest absolute Gasteiger partial charge is 0.254 e. The fourth-order valence-electron chi connectivity index (χ4n) is 2.48. The largest absolute Gasteiger partial charge is 0.485 e. The number of H-pyrrole nitrogens is 1. The lowest BCUT2D eigenvalue weighted by molar-refractivity contribution is -0.104. The third kappa shape index (κ3) is 2.76. The van der Waals surface area contributed by atoms with Gasteiger partial charge in [0.15, 0.2) is 6.10 Å². The van der Waals surface area contributed by atoms with Crippen molar-refractivity contribution in [3.8, 4) is 17.7 Å². The van der Waals surface area contributed by atoms with Crippen LogP contribution in [0.25, 0.3) is 0 Å². The second kappa shape index (κ2) is 5.41. The van der Waals surface area contributed by atoms with Crippen LogP contribution in [-0.4, -0.2) is 26.8 Å². The zero-order valence-electron chi connectivity index (χ0n) is 12.6. The van der Waals surface area contributed by atoms with E-state index >= 15 is 0 Å². The average Bonchev–Trinajstić information content (AvgIpc) is 2.51. The van der Waals surface area contributed by atoms with Crippen molar-refractivity contribution in [2.45, 2.75) is 31.7 Å². The highest BCUT2D eigenvalue weighted by molar-refractivity contribution is 5.46. The number of aliphatic hydroxyl groups excluding tert-OH is 1. The molecule has 23 heavy (non-hydrogen) atoms. The van der Waals surface area contributed by atoms with Crippen molar-refractivity contribution < 1.29 is 14.6 Å². The normalized spacial score (nSPS) is 21.7. The van der Waals surface area contributed by atoms with Gasteiger partial charge in [-0.1, -0.05) is 0 Å². The summed E-state index contributed by atoms with van der Waals surface area (Å²) in [5.74, 6) is 0.609. The zero-order valence-corrected chi connectivity index (χ0v) is 12.6. The number of fused-ring (bicyclic) bond motifs is 1. The Hall–Kier alpha value is -2.85. The highest BCUT2D eigenvalue weighted by atomic mass is 16.5. The van der Waals surface area contributed by atoms with E-state index in [9.17, 15) is 9.90 Å². The van der Waals surface area contributed by atoms with Crippen molar-refractivity contribution in [3.05, 3.63) is 52.1 Å². The van der Waals surface area contributed by atoms with E-state index in [-0.39, 0.29) is 11.4 Å². The predicted octanol–water partition coefficient (Wildman–Crippen LogP) is 1.29. The molecule has 3 rings (SSSR count). The fraction of sp³-hybridized carbons (Fsp3) is 0.312. The number of benzene rings is 1. The van der Waals surface area contributed by atoms with E-state index in [1.165, 1.54) is 12.4 Å². The number of aromatic amines is 1. The molecule has 0 saturated carbocycles. The summed E-state index contributed by atoms with van der Waals surface area (Å²) >= 11 is 0. The van der Waals surface area contributed by atoms with E-state index in [1.807, 2.05) is 6.07 Å². The van der Waals surface area contributed by atoms with Gasteiger partial charge in [0.2, 0.25) is 5.88 Å². The third-order valence-electron chi connectivity index (χ3n) is 3.72. The molecular formula is C16H15N3O4. The standard InChI is InChI=1S/C16H15N3O4/c1-16(2)15(21)14(22-13-6-12(20)18-8-19-13)10-5-9(7-17)3-4-11(10)23-16/h3-6,8,14-15,21H,1-2H3,(H,18,19,20)/t14-,15+/m1/s1. The number of nitriles is 1. The topological polar surface area (TPSA) is 108 Å². The van der Waals surface area contributed by atoms with Gasteiger partial charge >= 0.3 is 0 Å². The summed E-state index contributed by atoms with van der Waals surface area (Å²) in [4.78, 5) is 17.7. The Kier molecular flexibility index (Phi) is 3.54. The van der Waals surface area contributed by atoms with Gasteiger partial charge in [-0.2, -0.15) is 5.26 Å². The molecule has 7 heteroatoms. The Balaban J connectivity index is 2.07. The molecule has 0 unspecified atom stereocenters. The first-order valence-electron chi connectivity index (χ1n) is 7.03. The predicted molar refractivity (Wildman–Crippen MR) is 80.1 cm³/mol. The van der Waals surface area contributed by atoms with Gasteiger partial charge in [0, 0.05) is 5.56 Å². The summed E-state index contributed by atoms with van der Waals surface area (Å²) in [6.45, 7) is 3.47. The molecule has 1 aliphatic rings. The molecule has 7 nitrogen and oxygen atoms in total. The lowest BCUT2D eigenvalue weighted by Gasteiger charge is -2.41. The molecule has 0 radical (unpaired) electrons. The monoisotopic (exact) mass is 313 g/mol. The Morgan fingerprint density at radius 1 is 1.43 bits per heavy atom. The van der Waals surface area contributed by atoms with Crippen molar-refractivity contribution >= 4 is 0 Å². The number of aromatic nitrogens is 2. The van der Waals surface area contributed by atoms with E-state index < -0.39 is 17.8 Å². The van der Waals surface area contributed by atoms with Crippen LogP contribution in [0.5, 0.6) is 11.6 Å². The van der Waals surface area contributed by atoms with Crippen LogP contribution in [-0.2, 0) is 0 Å². The molecule has 0 aliphatic carbocycles. The van der Waals surface area contributed by atoms with E-state index in [2.05, 4.69) is 9.97 Å². The number of nitrogens with zero attached hydrogens (tertiary/aromatic N) is 2. The Morgan fingerprint density at radius 2 is 2.22 bits per heavy atom. The summed E-state index contributed by atoms with van der Waals surface area (Å²) in [5.41, 5.74) is -0.293. The molecule has 1 aromatic carbocycles. The lowest BCUT2D eigenvalue weighted by atomic mass is 9.88. The summed E-state index contributed by atoms with van der Waals surface area (Å²) < 4.78 is 11.5. The Bertz CT molecular complexity index is 838. The summed E-state index contributed by atoms with van der Waals surface area (Å²) in [7, 11) is 0. The lowest BCUT2D eigenvalue weighted by Crippen LogP contribution is -2.50. The minimum absolute atomic E-state index is 0.0869. The maximum absolute atomic E-state index is 11.4.